The smallest absolute Gasteiger partial charge is 0.462 e. The molecule has 0 unspecified atom stereocenters. The van der Waals surface area contributed by atoms with Crippen LogP contribution in [0.1, 0.15) is 40.2 Å². The van der Waals surface area contributed by atoms with Gasteiger partial charge in [-0.3, -0.25) is 18.6 Å². The van der Waals surface area contributed by atoms with Crippen molar-refractivity contribution in [3.8, 4) is 5.75 Å². The monoisotopic (exact) mass is 721 g/mol. The van der Waals surface area contributed by atoms with Crippen molar-refractivity contribution < 1.29 is 65.7 Å². The first-order valence-electron chi connectivity index (χ1n) is 15.6. The number of alkyl carbamates (subject to hydrolysis) is 1. The molecule has 280 valence electrons. The topological polar surface area (TPSA) is 205 Å². The van der Waals surface area contributed by atoms with Gasteiger partial charge >= 0.3 is 19.9 Å². The molecular formula is C31H52N3O14P. The first-order chi connectivity index (χ1) is 23.1. The molecule has 0 aromatic heterocycles. The van der Waals surface area contributed by atoms with Gasteiger partial charge in [0.05, 0.1) is 46.2 Å². The summed E-state index contributed by atoms with van der Waals surface area (Å²) >= 11 is 0. The van der Waals surface area contributed by atoms with Crippen LogP contribution >= 0.6 is 7.82 Å². The molecule has 0 fully saturated rings. The largest absolute Gasteiger partial charge is 0.529 e. The number of amides is 3. The molecule has 17 nitrogen and oxygen atoms in total. The highest BCUT2D eigenvalue weighted by Gasteiger charge is 2.29. The summed E-state index contributed by atoms with van der Waals surface area (Å²) in [5.41, 5.74) is -0.175. The lowest BCUT2D eigenvalue weighted by atomic mass is 10.1. The summed E-state index contributed by atoms with van der Waals surface area (Å²) in [6.07, 6.45) is -0.797. The number of rotatable bonds is 24. The number of phosphoric acid groups is 1. The van der Waals surface area contributed by atoms with Crippen LogP contribution in [0.2, 0.25) is 0 Å². The van der Waals surface area contributed by atoms with Crippen LogP contribution in [-0.4, -0.2) is 122 Å². The minimum absolute atomic E-state index is 0.00448. The molecule has 0 radical (unpaired) electrons. The summed E-state index contributed by atoms with van der Waals surface area (Å²) in [5.74, 6) is -1.89. The number of esters is 1. The molecule has 49 heavy (non-hydrogen) atoms. The fourth-order valence-corrected chi connectivity index (χ4v) is 4.31. The molecule has 0 saturated carbocycles. The molecule has 0 bridgehead atoms. The van der Waals surface area contributed by atoms with E-state index in [-0.39, 0.29) is 32.0 Å². The van der Waals surface area contributed by atoms with Crippen molar-refractivity contribution in [3.63, 3.8) is 0 Å². The minimum Gasteiger partial charge on any atom is -0.462 e. The Morgan fingerprint density at radius 1 is 0.714 bits per heavy atom. The van der Waals surface area contributed by atoms with E-state index in [2.05, 4.69) is 16.0 Å². The average molecular weight is 722 g/mol. The van der Waals surface area contributed by atoms with Crippen molar-refractivity contribution in [1.82, 2.24) is 16.0 Å². The van der Waals surface area contributed by atoms with Crippen LogP contribution in [0.3, 0.4) is 0 Å². The lowest BCUT2D eigenvalue weighted by molar-refractivity contribution is -0.149. The predicted molar refractivity (Wildman–Crippen MR) is 176 cm³/mol. The van der Waals surface area contributed by atoms with E-state index in [0.29, 0.717) is 38.6 Å². The van der Waals surface area contributed by atoms with Gasteiger partial charge in [0, 0.05) is 27.8 Å². The van der Waals surface area contributed by atoms with Crippen molar-refractivity contribution in [3.05, 3.63) is 29.8 Å². The third-order valence-electron chi connectivity index (χ3n) is 6.15. The molecule has 1 aromatic carbocycles. The number of ether oxygens (including phenoxy) is 6. The van der Waals surface area contributed by atoms with Gasteiger partial charge in [0.1, 0.15) is 36.1 Å². The van der Waals surface area contributed by atoms with E-state index >= 15 is 0 Å². The zero-order valence-corrected chi connectivity index (χ0v) is 30.5. The fraction of sp³-hybridized carbons (Fsp3) is 0.677. The minimum atomic E-state index is -3.79. The Balaban J connectivity index is 2.78. The normalized spacial score (nSPS) is 13.5. The van der Waals surface area contributed by atoms with E-state index in [0.717, 1.165) is 0 Å². The highest BCUT2D eigenvalue weighted by molar-refractivity contribution is 7.48. The Morgan fingerprint density at radius 2 is 1.20 bits per heavy atom. The molecule has 0 aliphatic rings. The molecule has 1 rings (SSSR count). The summed E-state index contributed by atoms with van der Waals surface area (Å²) in [6, 6.07) is 2.91. The molecule has 1 aromatic rings. The van der Waals surface area contributed by atoms with Gasteiger partial charge < -0.3 is 48.9 Å². The molecule has 0 spiro atoms. The standard InChI is InChI=1S/C31H52N3O14P/c1-22(32-27(35)23(2)33-30(38)47-31(3,4)5)28(36)34-26(21-24-9-11-25(12-10-24)48-49(39,41-7)42-8)29(37)46-20-19-45-18-17-44-16-15-43-14-13-40-6/h9-12,22-23,26H,13-21H2,1-8H3,(H,32,35)(H,33,38)(H,34,36)/t22-,23-,26+/m1/s1. The third kappa shape index (κ3) is 19.5. The maximum Gasteiger partial charge on any atom is 0.529 e. The Bertz CT molecular complexity index is 1190. The maximum absolute atomic E-state index is 13.1. The third-order valence-corrected chi connectivity index (χ3v) is 7.48. The molecule has 0 heterocycles. The number of hydrogen-bond donors (Lipinski definition) is 3. The van der Waals surface area contributed by atoms with E-state index in [9.17, 15) is 23.7 Å². The number of methoxy groups -OCH3 is 1. The molecule has 3 amide bonds. The van der Waals surface area contributed by atoms with Gasteiger partial charge in [-0.2, -0.15) is 0 Å². The van der Waals surface area contributed by atoms with E-state index in [1.165, 1.54) is 40.2 Å². The van der Waals surface area contributed by atoms with Crippen LogP contribution in [0.5, 0.6) is 5.75 Å². The number of phosphoric ester groups is 1. The number of benzene rings is 1. The summed E-state index contributed by atoms with van der Waals surface area (Å²) in [4.78, 5) is 50.9. The van der Waals surface area contributed by atoms with Gasteiger partial charge in [-0.25, -0.2) is 14.2 Å². The highest BCUT2D eigenvalue weighted by atomic mass is 31.2. The summed E-state index contributed by atoms with van der Waals surface area (Å²) in [5, 5.41) is 7.52. The zero-order valence-electron chi connectivity index (χ0n) is 29.6. The molecule has 3 N–H and O–H groups in total. The van der Waals surface area contributed by atoms with Gasteiger partial charge in [-0.05, 0) is 52.3 Å². The predicted octanol–water partition coefficient (Wildman–Crippen LogP) is 2.15. The Hall–Kier alpha value is -3.31. The summed E-state index contributed by atoms with van der Waals surface area (Å²) < 4.78 is 58.7. The van der Waals surface area contributed by atoms with E-state index < -0.39 is 55.4 Å². The van der Waals surface area contributed by atoms with Crippen molar-refractivity contribution >= 4 is 31.7 Å². The van der Waals surface area contributed by atoms with E-state index in [1.807, 2.05) is 0 Å². The summed E-state index contributed by atoms with van der Waals surface area (Å²) in [7, 11) is 0.168. The first kappa shape index (κ1) is 43.7. The van der Waals surface area contributed by atoms with Crippen LogP contribution < -0.4 is 20.5 Å². The van der Waals surface area contributed by atoms with Gasteiger partial charge in [0.25, 0.3) is 0 Å². The fourth-order valence-electron chi connectivity index (χ4n) is 3.63. The second kappa shape index (κ2) is 23.2. The number of hydrogen-bond acceptors (Lipinski definition) is 14. The van der Waals surface area contributed by atoms with E-state index in [4.69, 9.17) is 42.0 Å². The highest BCUT2D eigenvalue weighted by Crippen LogP contribution is 2.47. The van der Waals surface area contributed by atoms with Gasteiger partial charge in [0.15, 0.2) is 0 Å². The number of carbonyl (C=O) groups excluding carboxylic acids is 4. The van der Waals surface area contributed by atoms with Gasteiger partial charge in [-0.1, -0.05) is 12.1 Å². The average Bonchev–Trinajstić information content (AvgIpc) is 3.04. The second-order valence-electron chi connectivity index (χ2n) is 11.4. The van der Waals surface area contributed by atoms with Crippen LogP contribution in [0, 0.1) is 0 Å². The summed E-state index contributed by atoms with van der Waals surface area (Å²) in [6.45, 7) is 10.3. The first-order valence-corrected chi connectivity index (χ1v) is 17.1. The van der Waals surface area contributed by atoms with Crippen LogP contribution in [0.4, 0.5) is 4.79 Å². The number of nitrogens with one attached hydrogen (secondary N) is 3. The van der Waals surface area contributed by atoms with Crippen LogP contribution in [0.15, 0.2) is 24.3 Å². The molecule has 0 aliphatic carbocycles. The van der Waals surface area contributed by atoms with Crippen LogP contribution in [0.25, 0.3) is 0 Å². The molecular weight excluding hydrogens is 669 g/mol. The van der Waals surface area contributed by atoms with Crippen LogP contribution in [-0.2, 0) is 62.8 Å². The Labute approximate surface area is 287 Å². The Kier molecular flexibility index (Phi) is 20.7. The zero-order chi connectivity index (χ0) is 36.9. The maximum atomic E-state index is 13.1. The van der Waals surface area contributed by atoms with Crippen molar-refractivity contribution in [2.45, 2.75) is 64.8 Å². The van der Waals surface area contributed by atoms with Gasteiger partial charge in [0.2, 0.25) is 11.8 Å². The lowest BCUT2D eigenvalue weighted by Gasteiger charge is -2.23. The van der Waals surface area contributed by atoms with Gasteiger partial charge in [-0.15, -0.1) is 0 Å². The molecule has 0 aliphatic heterocycles. The van der Waals surface area contributed by atoms with Crippen molar-refractivity contribution in [2.24, 2.45) is 0 Å². The second-order valence-corrected chi connectivity index (χ2v) is 13.2. The molecule has 0 saturated heterocycles. The number of carbonyl (C=O) groups is 4. The van der Waals surface area contributed by atoms with E-state index in [1.54, 1.807) is 40.0 Å². The molecule has 18 heteroatoms. The Morgan fingerprint density at radius 3 is 1.71 bits per heavy atom. The quantitative estimate of drug-likeness (QED) is 0.0796. The van der Waals surface area contributed by atoms with Crippen molar-refractivity contribution in [2.75, 3.05) is 74.2 Å². The van der Waals surface area contributed by atoms with Crippen molar-refractivity contribution in [1.29, 1.82) is 0 Å². The SMILES string of the molecule is COCCOCCOCCOCCOC(=O)[C@H](Cc1ccc(OP(=O)(OC)OC)cc1)NC(=O)[C@@H](C)NC(=O)[C@@H](C)NC(=O)OC(C)(C)C. The lowest BCUT2D eigenvalue weighted by Crippen LogP contribution is -2.54. The molecule has 3 atom stereocenters.